The van der Waals surface area contributed by atoms with Crippen molar-refractivity contribution in [1.82, 2.24) is 4.90 Å². The molecule has 5 heteroatoms. The molecule has 1 aromatic rings. The van der Waals surface area contributed by atoms with Crippen molar-refractivity contribution in [3.05, 3.63) is 29.6 Å². The van der Waals surface area contributed by atoms with Crippen LogP contribution in [-0.2, 0) is 4.79 Å². The molecule has 1 rings (SSSR count). The fourth-order valence-corrected chi connectivity index (χ4v) is 1.40. The van der Waals surface area contributed by atoms with Crippen molar-refractivity contribution < 1.29 is 13.9 Å². The van der Waals surface area contributed by atoms with E-state index in [1.807, 2.05) is 6.92 Å². The van der Waals surface area contributed by atoms with Gasteiger partial charge in [-0.05, 0) is 19.9 Å². The van der Waals surface area contributed by atoms with E-state index in [0.717, 1.165) is 0 Å². The summed E-state index contributed by atoms with van der Waals surface area (Å²) in [6.07, 6.45) is 0. The largest absolute Gasteiger partial charge is 0.484 e. The van der Waals surface area contributed by atoms with E-state index in [9.17, 15) is 9.18 Å². The van der Waals surface area contributed by atoms with E-state index in [2.05, 4.69) is 0 Å². The van der Waals surface area contributed by atoms with Crippen molar-refractivity contribution in [2.24, 2.45) is 5.73 Å². The number of ether oxygens (including phenoxy) is 1. The Kier molecular flexibility index (Phi) is 5.09. The zero-order valence-electron chi connectivity index (χ0n) is 10.9. The maximum atomic E-state index is 13.6. The minimum absolute atomic E-state index is 0.0959. The highest BCUT2D eigenvalue weighted by Crippen LogP contribution is 2.20. The second kappa shape index (κ2) is 6.35. The van der Waals surface area contributed by atoms with E-state index in [-0.39, 0.29) is 18.6 Å². The monoisotopic (exact) mass is 254 g/mol. The van der Waals surface area contributed by atoms with Gasteiger partial charge in [0.15, 0.2) is 6.61 Å². The van der Waals surface area contributed by atoms with Crippen LogP contribution in [0, 0.1) is 5.82 Å². The number of nitrogens with two attached hydrogens (primary N) is 1. The van der Waals surface area contributed by atoms with Gasteiger partial charge in [0.05, 0.1) is 0 Å². The maximum Gasteiger partial charge on any atom is 0.260 e. The Labute approximate surface area is 107 Å². The molecule has 0 radical (unpaired) electrons. The lowest BCUT2D eigenvalue weighted by Crippen LogP contribution is -2.31. The normalized spacial score (nSPS) is 12.1. The van der Waals surface area contributed by atoms with Gasteiger partial charge in [-0.25, -0.2) is 4.39 Å². The van der Waals surface area contributed by atoms with Gasteiger partial charge in [-0.2, -0.15) is 0 Å². The van der Waals surface area contributed by atoms with E-state index >= 15 is 0 Å². The molecule has 0 saturated carbocycles. The molecule has 0 aliphatic carbocycles. The first-order chi connectivity index (χ1) is 8.45. The predicted molar refractivity (Wildman–Crippen MR) is 67.8 cm³/mol. The van der Waals surface area contributed by atoms with Crippen LogP contribution >= 0.6 is 0 Å². The van der Waals surface area contributed by atoms with Crippen molar-refractivity contribution >= 4 is 5.91 Å². The van der Waals surface area contributed by atoms with Crippen molar-refractivity contribution in [2.75, 3.05) is 20.2 Å². The van der Waals surface area contributed by atoms with Gasteiger partial charge in [-0.1, -0.05) is 6.07 Å². The molecule has 0 saturated heterocycles. The second-order valence-electron chi connectivity index (χ2n) is 4.17. The number of likely N-dealkylation sites (N-methyl/N-ethyl adjacent to an activating group) is 1. The van der Waals surface area contributed by atoms with Crippen molar-refractivity contribution in [3.63, 3.8) is 0 Å². The van der Waals surface area contributed by atoms with Crippen molar-refractivity contribution in [1.29, 1.82) is 0 Å². The topological polar surface area (TPSA) is 55.6 Å². The summed E-state index contributed by atoms with van der Waals surface area (Å²) in [5.41, 5.74) is 6.03. The van der Waals surface area contributed by atoms with Crippen LogP contribution in [0.5, 0.6) is 5.75 Å². The molecule has 1 amide bonds. The molecule has 0 fully saturated rings. The van der Waals surface area contributed by atoms with Crippen LogP contribution in [0.25, 0.3) is 0 Å². The average molecular weight is 254 g/mol. The summed E-state index contributed by atoms with van der Waals surface area (Å²) in [4.78, 5) is 13.0. The Morgan fingerprint density at radius 3 is 2.72 bits per heavy atom. The Morgan fingerprint density at radius 1 is 1.56 bits per heavy atom. The van der Waals surface area contributed by atoms with Crippen molar-refractivity contribution in [3.8, 4) is 5.75 Å². The van der Waals surface area contributed by atoms with Crippen LogP contribution in [0.2, 0.25) is 0 Å². The summed E-state index contributed by atoms with van der Waals surface area (Å²) in [6, 6.07) is 4.06. The molecule has 0 bridgehead atoms. The number of hydrogen-bond donors (Lipinski definition) is 1. The van der Waals surface area contributed by atoms with Gasteiger partial charge in [-0.3, -0.25) is 4.79 Å². The summed E-state index contributed by atoms with van der Waals surface area (Å²) in [7, 11) is 1.69. The summed E-state index contributed by atoms with van der Waals surface area (Å²) in [5, 5.41) is 0. The zero-order valence-corrected chi connectivity index (χ0v) is 10.9. The van der Waals surface area contributed by atoms with Crippen LogP contribution in [-0.4, -0.2) is 31.0 Å². The molecular formula is C13H19FN2O2. The first-order valence-electron chi connectivity index (χ1n) is 5.87. The molecule has 2 N–H and O–H groups in total. The molecule has 1 aromatic carbocycles. The maximum absolute atomic E-state index is 13.6. The molecule has 0 unspecified atom stereocenters. The van der Waals surface area contributed by atoms with Gasteiger partial charge >= 0.3 is 0 Å². The highest BCUT2D eigenvalue weighted by molar-refractivity contribution is 5.77. The number of rotatable bonds is 5. The number of amides is 1. The SMILES string of the molecule is CCN(C)C(=O)COc1ccc([C@H](C)N)c(F)c1. The Balaban J connectivity index is 2.64. The average Bonchev–Trinajstić information content (AvgIpc) is 2.34. The fourth-order valence-electron chi connectivity index (χ4n) is 1.40. The smallest absolute Gasteiger partial charge is 0.260 e. The standard InChI is InChI=1S/C13H19FN2O2/c1-4-16(3)13(17)8-18-10-5-6-11(9(2)15)12(14)7-10/h5-7,9H,4,8,15H2,1-3H3/t9-/m0/s1. The molecule has 100 valence electrons. The Morgan fingerprint density at radius 2 is 2.22 bits per heavy atom. The molecule has 18 heavy (non-hydrogen) atoms. The molecule has 0 heterocycles. The summed E-state index contributed by atoms with van der Waals surface area (Å²) < 4.78 is 18.8. The molecule has 0 aromatic heterocycles. The fraction of sp³-hybridized carbons (Fsp3) is 0.462. The van der Waals surface area contributed by atoms with E-state index in [4.69, 9.17) is 10.5 Å². The van der Waals surface area contributed by atoms with Gasteiger partial charge in [0.1, 0.15) is 11.6 Å². The number of hydrogen-bond acceptors (Lipinski definition) is 3. The summed E-state index contributed by atoms with van der Waals surface area (Å²) in [5.74, 6) is -0.234. The Hall–Kier alpha value is -1.62. The van der Waals surface area contributed by atoms with Gasteiger partial charge in [0.25, 0.3) is 5.91 Å². The van der Waals surface area contributed by atoms with Crippen molar-refractivity contribution in [2.45, 2.75) is 19.9 Å². The van der Waals surface area contributed by atoms with Crippen LogP contribution in [0.15, 0.2) is 18.2 Å². The third kappa shape index (κ3) is 3.70. The van der Waals surface area contributed by atoms with Gasteiger partial charge in [0.2, 0.25) is 0 Å². The highest BCUT2D eigenvalue weighted by Gasteiger charge is 2.10. The molecular weight excluding hydrogens is 235 g/mol. The van der Waals surface area contributed by atoms with Crippen LogP contribution < -0.4 is 10.5 Å². The predicted octanol–water partition coefficient (Wildman–Crippen LogP) is 1.70. The van der Waals surface area contributed by atoms with Crippen LogP contribution in [0.3, 0.4) is 0 Å². The summed E-state index contributed by atoms with van der Waals surface area (Å²) in [6.45, 7) is 4.09. The van der Waals surface area contributed by atoms with Crippen LogP contribution in [0.1, 0.15) is 25.5 Å². The third-order valence-electron chi connectivity index (χ3n) is 2.72. The lowest BCUT2D eigenvalue weighted by atomic mass is 10.1. The van der Waals surface area contributed by atoms with Crippen LogP contribution in [0.4, 0.5) is 4.39 Å². The highest BCUT2D eigenvalue weighted by atomic mass is 19.1. The lowest BCUT2D eigenvalue weighted by Gasteiger charge is -2.15. The molecule has 0 aliphatic rings. The summed E-state index contributed by atoms with van der Waals surface area (Å²) >= 11 is 0. The zero-order chi connectivity index (χ0) is 13.7. The van der Waals surface area contributed by atoms with E-state index in [1.165, 1.54) is 11.0 Å². The number of carbonyl (C=O) groups is 1. The number of halogens is 1. The Bertz CT molecular complexity index is 421. The first kappa shape index (κ1) is 14.4. The first-order valence-corrected chi connectivity index (χ1v) is 5.87. The van der Waals surface area contributed by atoms with E-state index < -0.39 is 5.82 Å². The molecule has 0 aliphatic heterocycles. The van der Waals surface area contributed by atoms with Gasteiger partial charge in [0, 0.05) is 31.3 Å². The van der Waals surface area contributed by atoms with E-state index in [0.29, 0.717) is 17.9 Å². The number of benzene rings is 1. The number of nitrogens with zero attached hydrogens (tertiary/aromatic N) is 1. The molecule has 4 nitrogen and oxygen atoms in total. The minimum atomic E-state index is -0.418. The quantitative estimate of drug-likeness (QED) is 0.870. The van der Waals surface area contributed by atoms with Gasteiger partial charge < -0.3 is 15.4 Å². The van der Waals surface area contributed by atoms with Gasteiger partial charge in [-0.15, -0.1) is 0 Å². The minimum Gasteiger partial charge on any atom is -0.484 e. The molecule has 0 spiro atoms. The third-order valence-corrected chi connectivity index (χ3v) is 2.72. The van der Waals surface area contributed by atoms with E-state index in [1.54, 1.807) is 26.1 Å². The lowest BCUT2D eigenvalue weighted by molar-refractivity contribution is -0.131. The molecule has 1 atom stereocenters. The number of carbonyl (C=O) groups excluding carboxylic acids is 1. The second-order valence-corrected chi connectivity index (χ2v) is 4.17.